The zero-order valence-corrected chi connectivity index (χ0v) is 22.2. The van der Waals surface area contributed by atoms with Crippen molar-refractivity contribution in [1.82, 2.24) is 4.98 Å². The number of ether oxygens (including phenoxy) is 1. The number of nitrogens with zero attached hydrogens (tertiary/aromatic N) is 1. The molecule has 37 heavy (non-hydrogen) atoms. The number of carbonyl (C=O) groups is 1. The van der Waals surface area contributed by atoms with E-state index in [1.807, 2.05) is 24.3 Å². The Morgan fingerprint density at radius 3 is 2.62 bits per heavy atom. The Morgan fingerprint density at radius 1 is 1.08 bits per heavy atom. The lowest BCUT2D eigenvalue weighted by Crippen LogP contribution is -2.20. The highest BCUT2D eigenvalue weighted by Crippen LogP contribution is 2.34. The lowest BCUT2D eigenvalue weighted by Gasteiger charge is -2.22. The van der Waals surface area contributed by atoms with Crippen LogP contribution in [-0.4, -0.2) is 17.5 Å². The van der Waals surface area contributed by atoms with E-state index >= 15 is 0 Å². The Balaban J connectivity index is 1.23. The van der Waals surface area contributed by atoms with E-state index in [0.717, 1.165) is 23.1 Å². The molecule has 0 saturated heterocycles. The second kappa shape index (κ2) is 11.4. The molecular weight excluding hydrogens is 484 g/mol. The summed E-state index contributed by atoms with van der Waals surface area (Å²) in [6.07, 6.45) is 7.52. The quantitative estimate of drug-likeness (QED) is 0.254. The van der Waals surface area contributed by atoms with Crippen LogP contribution in [0.25, 0.3) is 22.6 Å². The van der Waals surface area contributed by atoms with Crippen molar-refractivity contribution in [1.29, 1.82) is 0 Å². The van der Waals surface area contributed by atoms with Gasteiger partial charge >= 0.3 is 0 Å². The number of anilines is 1. The number of carbonyl (C=O) groups excluding carboxylic acids is 1. The maximum absolute atomic E-state index is 12.6. The summed E-state index contributed by atoms with van der Waals surface area (Å²) in [5.74, 6) is 1.98. The standard InChI is InChI=1S/C31H33ClN2O3/c1-3-20(2)23-12-16-29-28(17-23)34-31(37-29)24-11-15-26(32)27(18-24)33-30(35)19-36-25-13-9-22(10-14-25)21-7-5-4-6-8-21/h9-18,20-21H,3-8,19H2,1-2H3,(H,33,35)/t20-/m1/s1. The number of aromatic nitrogens is 1. The summed E-state index contributed by atoms with van der Waals surface area (Å²) in [7, 11) is 0. The zero-order valence-electron chi connectivity index (χ0n) is 21.4. The van der Waals surface area contributed by atoms with Crippen molar-refractivity contribution in [2.45, 2.75) is 64.2 Å². The van der Waals surface area contributed by atoms with E-state index in [2.05, 4.69) is 48.4 Å². The van der Waals surface area contributed by atoms with Gasteiger partial charge in [0.2, 0.25) is 5.89 Å². The van der Waals surface area contributed by atoms with Gasteiger partial charge in [0.05, 0.1) is 10.7 Å². The van der Waals surface area contributed by atoms with Gasteiger partial charge in [-0.3, -0.25) is 4.79 Å². The molecule has 192 valence electrons. The van der Waals surface area contributed by atoms with Crippen LogP contribution in [0.15, 0.2) is 65.1 Å². The number of rotatable bonds is 8. The number of benzene rings is 3. The molecule has 1 amide bonds. The van der Waals surface area contributed by atoms with E-state index in [1.54, 1.807) is 12.1 Å². The van der Waals surface area contributed by atoms with Gasteiger partial charge in [0.1, 0.15) is 11.3 Å². The number of amides is 1. The smallest absolute Gasteiger partial charge is 0.262 e. The van der Waals surface area contributed by atoms with E-state index in [-0.39, 0.29) is 12.5 Å². The first-order chi connectivity index (χ1) is 18.0. The van der Waals surface area contributed by atoms with Crippen LogP contribution >= 0.6 is 11.6 Å². The fourth-order valence-corrected chi connectivity index (χ4v) is 5.14. The predicted octanol–water partition coefficient (Wildman–Crippen LogP) is 8.73. The van der Waals surface area contributed by atoms with Gasteiger partial charge in [-0.05, 0) is 84.7 Å². The molecular formula is C31H33ClN2O3. The predicted molar refractivity (Wildman–Crippen MR) is 150 cm³/mol. The first-order valence-electron chi connectivity index (χ1n) is 13.2. The van der Waals surface area contributed by atoms with E-state index in [0.29, 0.717) is 34.2 Å². The maximum atomic E-state index is 12.6. The van der Waals surface area contributed by atoms with E-state index in [4.69, 9.17) is 20.8 Å². The number of fused-ring (bicyclic) bond motifs is 1. The Kier molecular flexibility index (Phi) is 7.80. The lowest BCUT2D eigenvalue weighted by molar-refractivity contribution is -0.118. The Labute approximate surface area is 223 Å². The van der Waals surface area contributed by atoms with Crippen molar-refractivity contribution >= 4 is 34.3 Å². The van der Waals surface area contributed by atoms with Crippen molar-refractivity contribution in [3.63, 3.8) is 0 Å². The second-order valence-corrected chi connectivity index (χ2v) is 10.4. The summed E-state index contributed by atoms with van der Waals surface area (Å²) < 4.78 is 11.7. The van der Waals surface area contributed by atoms with Crippen molar-refractivity contribution in [2.24, 2.45) is 0 Å². The van der Waals surface area contributed by atoms with Crippen LogP contribution in [0.5, 0.6) is 5.75 Å². The molecule has 1 aliphatic rings. The van der Waals surface area contributed by atoms with Gasteiger partial charge in [-0.25, -0.2) is 4.98 Å². The molecule has 1 saturated carbocycles. The molecule has 1 aliphatic carbocycles. The highest BCUT2D eigenvalue weighted by Gasteiger charge is 2.16. The fraction of sp³-hybridized carbons (Fsp3) is 0.355. The van der Waals surface area contributed by atoms with Crippen LogP contribution in [0.4, 0.5) is 5.69 Å². The first-order valence-corrected chi connectivity index (χ1v) is 13.6. The molecule has 4 aromatic rings. The second-order valence-electron chi connectivity index (χ2n) is 9.99. The topological polar surface area (TPSA) is 64.4 Å². The van der Waals surface area contributed by atoms with Gasteiger partial charge in [-0.15, -0.1) is 0 Å². The average Bonchev–Trinajstić information content (AvgIpc) is 3.37. The molecule has 0 bridgehead atoms. The van der Waals surface area contributed by atoms with Gasteiger partial charge < -0.3 is 14.5 Å². The molecule has 1 heterocycles. The summed E-state index contributed by atoms with van der Waals surface area (Å²) in [4.78, 5) is 17.3. The highest BCUT2D eigenvalue weighted by molar-refractivity contribution is 6.33. The van der Waals surface area contributed by atoms with Gasteiger partial charge in [0.25, 0.3) is 5.91 Å². The molecule has 1 N–H and O–H groups in total. The zero-order chi connectivity index (χ0) is 25.8. The van der Waals surface area contributed by atoms with E-state index in [1.165, 1.54) is 43.2 Å². The average molecular weight is 517 g/mol. The number of oxazole rings is 1. The summed E-state index contributed by atoms with van der Waals surface area (Å²) >= 11 is 6.38. The first kappa shape index (κ1) is 25.3. The number of hydrogen-bond donors (Lipinski definition) is 1. The van der Waals surface area contributed by atoms with Crippen LogP contribution in [-0.2, 0) is 4.79 Å². The lowest BCUT2D eigenvalue weighted by atomic mass is 9.84. The summed E-state index contributed by atoms with van der Waals surface area (Å²) in [5, 5.41) is 3.29. The third-order valence-corrected chi connectivity index (χ3v) is 7.74. The van der Waals surface area contributed by atoms with Crippen LogP contribution in [0.2, 0.25) is 5.02 Å². The third kappa shape index (κ3) is 5.99. The minimum Gasteiger partial charge on any atom is -0.484 e. The molecule has 1 atom stereocenters. The van der Waals surface area contributed by atoms with Crippen molar-refractivity contribution < 1.29 is 13.9 Å². The molecule has 0 radical (unpaired) electrons. The highest BCUT2D eigenvalue weighted by atomic mass is 35.5. The monoisotopic (exact) mass is 516 g/mol. The van der Waals surface area contributed by atoms with Crippen LogP contribution in [0.1, 0.15) is 75.3 Å². The molecule has 0 spiro atoms. The van der Waals surface area contributed by atoms with Crippen LogP contribution < -0.4 is 10.1 Å². The van der Waals surface area contributed by atoms with Gasteiger partial charge in [-0.1, -0.05) is 62.9 Å². The van der Waals surface area contributed by atoms with Gasteiger partial charge in [-0.2, -0.15) is 0 Å². The summed E-state index contributed by atoms with van der Waals surface area (Å²) in [6, 6.07) is 19.6. The summed E-state index contributed by atoms with van der Waals surface area (Å²) in [6.45, 7) is 4.27. The molecule has 0 unspecified atom stereocenters. The van der Waals surface area contributed by atoms with Gasteiger partial charge in [0.15, 0.2) is 12.2 Å². The molecule has 1 aromatic heterocycles. The normalized spacial score (nSPS) is 15.0. The third-order valence-electron chi connectivity index (χ3n) is 7.41. The summed E-state index contributed by atoms with van der Waals surface area (Å²) in [5.41, 5.74) is 5.36. The molecule has 5 rings (SSSR count). The van der Waals surface area contributed by atoms with E-state index < -0.39 is 0 Å². The Bertz CT molecular complexity index is 1370. The largest absolute Gasteiger partial charge is 0.484 e. The molecule has 0 aliphatic heterocycles. The molecule has 5 nitrogen and oxygen atoms in total. The Hall–Kier alpha value is -3.31. The van der Waals surface area contributed by atoms with Crippen LogP contribution in [0, 0.1) is 0 Å². The molecule has 3 aromatic carbocycles. The molecule has 6 heteroatoms. The van der Waals surface area contributed by atoms with E-state index in [9.17, 15) is 4.79 Å². The fourth-order valence-electron chi connectivity index (χ4n) is 4.97. The minimum atomic E-state index is -0.286. The minimum absolute atomic E-state index is 0.107. The number of halogens is 1. The maximum Gasteiger partial charge on any atom is 0.262 e. The SMILES string of the molecule is CC[C@@H](C)c1ccc2oc(-c3ccc(Cl)c(NC(=O)COc4ccc(C5CCCCC5)cc4)c3)nc2c1. The van der Waals surface area contributed by atoms with Crippen molar-refractivity contribution in [2.75, 3.05) is 11.9 Å². The van der Waals surface area contributed by atoms with Crippen LogP contribution in [0.3, 0.4) is 0 Å². The molecule has 1 fully saturated rings. The number of hydrogen-bond acceptors (Lipinski definition) is 4. The van der Waals surface area contributed by atoms with Crippen molar-refractivity contribution in [3.8, 4) is 17.2 Å². The van der Waals surface area contributed by atoms with Crippen molar-refractivity contribution in [3.05, 3.63) is 76.8 Å². The Morgan fingerprint density at radius 2 is 1.86 bits per heavy atom. The van der Waals surface area contributed by atoms with Gasteiger partial charge in [0, 0.05) is 5.56 Å². The number of nitrogens with one attached hydrogen (secondary N) is 1.